The summed E-state index contributed by atoms with van der Waals surface area (Å²) in [5.74, 6) is 1.03. The fourth-order valence-electron chi connectivity index (χ4n) is 1.77. The zero-order valence-corrected chi connectivity index (χ0v) is 9.77. The molecule has 0 aliphatic carbocycles. The zero-order valence-electron chi connectivity index (χ0n) is 9.77. The van der Waals surface area contributed by atoms with E-state index in [0.717, 1.165) is 30.2 Å². The Balaban J connectivity index is 2.27. The molecule has 0 amide bonds. The highest BCUT2D eigenvalue weighted by atomic mass is 15.1. The second-order valence-electron chi connectivity index (χ2n) is 3.64. The lowest BCUT2D eigenvalue weighted by Crippen LogP contribution is -1.98. The fraction of sp³-hybridized carbons (Fsp3) is 0.308. The molecule has 84 valence electrons. The van der Waals surface area contributed by atoms with E-state index in [9.17, 15) is 0 Å². The second kappa shape index (κ2) is 4.84. The summed E-state index contributed by atoms with van der Waals surface area (Å²) in [6, 6.07) is 8.39. The Labute approximate surface area is 96.1 Å². The molecule has 0 bridgehead atoms. The van der Waals surface area contributed by atoms with Gasteiger partial charge >= 0.3 is 0 Å². The van der Waals surface area contributed by atoms with Crippen LogP contribution in [-0.4, -0.2) is 16.1 Å². The molecule has 1 heterocycles. The zero-order chi connectivity index (χ0) is 11.4. The molecule has 0 fully saturated rings. The molecule has 3 nitrogen and oxygen atoms in total. The predicted molar refractivity (Wildman–Crippen MR) is 67.5 cm³/mol. The summed E-state index contributed by atoms with van der Waals surface area (Å²) in [4.78, 5) is 4.38. The number of rotatable bonds is 4. The maximum absolute atomic E-state index is 4.38. The van der Waals surface area contributed by atoms with Crippen molar-refractivity contribution in [3.05, 3.63) is 36.7 Å². The van der Waals surface area contributed by atoms with Gasteiger partial charge in [0.2, 0.25) is 0 Å². The van der Waals surface area contributed by atoms with E-state index in [4.69, 9.17) is 0 Å². The van der Waals surface area contributed by atoms with Gasteiger partial charge < -0.3 is 9.88 Å². The number of benzene rings is 1. The highest BCUT2D eigenvalue weighted by Gasteiger charge is 2.03. The third-order valence-corrected chi connectivity index (χ3v) is 2.58. The van der Waals surface area contributed by atoms with Crippen LogP contribution in [0, 0.1) is 0 Å². The van der Waals surface area contributed by atoms with Crippen molar-refractivity contribution in [2.75, 3.05) is 11.9 Å². The first kappa shape index (κ1) is 10.7. The first-order valence-electron chi connectivity index (χ1n) is 5.70. The summed E-state index contributed by atoms with van der Waals surface area (Å²) in [5, 5.41) is 3.28. The van der Waals surface area contributed by atoms with Crippen LogP contribution in [0.5, 0.6) is 0 Å². The van der Waals surface area contributed by atoms with Gasteiger partial charge in [0.15, 0.2) is 0 Å². The van der Waals surface area contributed by atoms with Gasteiger partial charge in [-0.05, 0) is 38.1 Å². The molecule has 0 aliphatic rings. The van der Waals surface area contributed by atoms with Crippen molar-refractivity contribution in [1.82, 2.24) is 9.55 Å². The van der Waals surface area contributed by atoms with Crippen LogP contribution in [0.4, 0.5) is 5.69 Å². The van der Waals surface area contributed by atoms with Crippen molar-refractivity contribution in [2.24, 2.45) is 0 Å². The van der Waals surface area contributed by atoms with Crippen LogP contribution in [0.25, 0.3) is 11.4 Å². The van der Waals surface area contributed by atoms with Crippen LogP contribution in [-0.2, 0) is 6.54 Å². The molecule has 1 aromatic carbocycles. The number of nitrogens with one attached hydrogen (secondary N) is 1. The van der Waals surface area contributed by atoms with Crippen molar-refractivity contribution >= 4 is 5.69 Å². The van der Waals surface area contributed by atoms with Crippen LogP contribution in [0.2, 0.25) is 0 Å². The predicted octanol–water partition coefficient (Wildman–Crippen LogP) is 3.00. The number of aromatic nitrogens is 2. The molecule has 3 heteroatoms. The molecule has 2 rings (SSSR count). The monoisotopic (exact) mass is 215 g/mol. The Morgan fingerprint density at radius 1 is 1.19 bits per heavy atom. The van der Waals surface area contributed by atoms with Crippen molar-refractivity contribution in [2.45, 2.75) is 20.4 Å². The van der Waals surface area contributed by atoms with Gasteiger partial charge in [0.1, 0.15) is 5.82 Å². The molecule has 16 heavy (non-hydrogen) atoms. The molecular formula is C13H17N3. The quantitative estimate of drug-likeness (QED) is 0.849. The lowest BCUT2D eigenvalue weighted by molar-refractivity contribution is 0.771. The van der Waals surface area contributed by atoms with Crippen molar-refractivity contribution in [1.29, 1.82) is 0 Å². The Morgan fingerprint density at radius 3 is 2.56 bits per heavy atom. The molecule has 1 N–H and O–H groups in total. The van der Waals surface area contributed by atoms with Crippen LogP contribution in [0.15, 0.2) is 36.7 Å². The largest absolute Gasteiger partial charge is 0.385 e. The van der Waals surface area contributed by atoms with E-state index in [0.29, 0.717) is 0 Å². The van der Waals surface area contributed by atoms with Gasteiger partial charge in [-0.3, -0.25) is 0 Å². The Hall–Kier alpha value is -1.77. The van der Waals surface area contributed by atoms with E-state index in [2.05, 4.69) is 53.0 Å². The highest BCUT2D eigenvalue weighted by Crippen LogP contribution is 2.19. The molecule has 0 aliphatic heterocycles. The smallest absolute Gasteiger partial charge is 0.139 e. The van der Waals surface area contributed by atoms with E-state index in [1.165, 1.54) is 0 Å². The van der Waals surface area contributed by atoms with E-state index < -0.39 is 0 Å². The summed E-state index contributed by atoms with van der Waals surface area (Å²) in [6.45, 7) is 6.11. The van der Waals surface area contributed by atoms with Gasteiger partial charge in [-0.25, -0.2) is 4.98 Å². The molecule has 0 unspecified atom stereocenters. The summed E-state index contributed by atoms with van der Waals surface area (Å²) in [7, 11) is 0. The van der Waals surface area contributed by atoms with Crippen molar-refractivity contribution < 1.29 is 0 Å². The molecule has 2 aromatic rings. The van der Waals surface area contributed by atoms with Gasteiger partial charge in [0, 0.05) is 36.7 Å². The number of aryl methyl sites for hydroxylation is 1. The standard InChI is InChI=1S/C13H17N3/c1-3-14-12-7-5-11(6-8-12)13-15-9-10-16(13)4-2/h5-10,14H,3-4H2,1-2H3. The molecular weight excluding hydrogens is 198 g/mol. The van der Waals surface area contributed by atoms with Crippen LogP contribution in [0.1, 0.15) is 13.8 Å². The lowest BCUT2D eigenvalue weighted by atomic mass is 10.2. The molecule has 0 saturated heterocycles. The number of hydrogen-bond acceptors (Lipinski definition) is 2. The molecule has 0 saturated carbocycles. The third kappa shape index (κ3) is 2.08. The lowest BCUT2D eigenvalue weighted by Gasteiger charge is -2.06. The van der Waals surface area contributed by atoms with E-state index in [1.807, 2.05) is 12.4 Å². The number of nitrogens with zero attached hydrogens (tertiary/aromatic N) is 2. The Bertz CT molecular complexity index is 442. The molecule has 0 spiro atoms. The topological polar surface area (TPSA) is 29.9 Å². The average Bonchev–Trinajstić information content (AvgIpc) is 2.78. The Kier molecular flexibility index (Phi) is 3.25. The normalized spacial score (nSPS) is 10.4. The third-order valence-electron chi connectivity index (χ3n) is 2.58. The van der Waals surface area contributed by atoms with Crippen LogP contribution < -0.4 is 5.32 Å². The first-order chi connectivity index (χ1) is 7.85. The van der Waals surface area contributed by atoms with Gasteiger partial charge in [-0.1, -0.05) is 0 Å². The summed E-state index contributed by atoms with van der Waals surface area (Å²) >= 11 is 0. The molecule has 1 aromatic heterocycles. The molecule has 0 radical (unpaired) electrons. The van der Waals surface area contributed by atoms with E-state index >= 15 is 0 Å². The second-order valence-corrected chi connectivity index (χ2v) is 3.64. The van der Waals surface area contributed by atoms with Gasteiger partial charge in [0.25, 0.3) is 0 Å². The average molecular weight is 215 g/mol. The summed E-state index contributed by atoms with van der Waals surface area (Å²) < 4.78 is 2.14. The van der Waals surface area contributed by atoms with E-state index in [1.54, 1.807) is 0 Å². The van der Waals surface area contributed by atoms with Crippen molar-refractivity contribution in [3.63, 3.8) is 0 Å². The minimum atomic E-state index is 0.947. The maximum Gasteiger partial charge on any atom is 0.139 e. The Morgan fingerprint density at radius 2 is 1.94 bits per heavy atom. The fourth-order valence-corrected chi connectivity index (χ4v) is 1.77. The van der Waals surface area contributed by atoms with Crippen molar-refractivity contribution in [3.8, 4) is 11.4 Å². The highest BCUT2D eigenvalue weighted by molar-refractivity contribution is 5.60. The number of imidazole rings is 1. The maximum atomic E-state index is 4.38. The first-order valence-corrected chi connectivity index (χ1v) is 5.70. The minimum Gasteiger partial charge on any atom is -0.385 e. The summed E-state index contributed by atoms with van der Waals surface area (Å²) in [5.41, 5.74) is 2.31. The van der Waals surface area contributed by atoms with Gasteiger partial charge in [-0.15, -0.1) is 0 Å². The van der Waals surface area contributed by atoms with Gasteiger partial charge in [0.05, 0.1) is 0 Å². The van der Waals surface area contributed by atoms with Gasteiger partial charge in [-0.2, -0.15) is 0 Å². The summed E-state index contributed by atoms with van der Waals surface area (Å²) in [6.07, 6.45) is 3.85. The number of anilines is 1. The number of hydrogen-bond donors (Lipinski definition) is 1. The van der Waals surface area contributed by atoms with Crippen LogP contribution >= 0.6 is 0 Å². The minimum absolute atomic E-state index is 0.947. The molecule has 0 atom stereocenters. The SMILES string of the molecule is CCNc1ccc(-c2nccn2CC)cc1. The van der Waals surface area contributed by atoms with Crippen LogP contribution in [0.3, 0.4) is 0 Å². The van der Waals surface area contributed by atoms with E-state index in [-0.39, 0.29) is 0 Å².